The number of hydrogen-bond donors (Lipinski definition) is 1. The van der Waals surface area contributed by atoms with Gasteiger partial charge in [0.25, 0.3) is 0 Å². The maximum absolute atomic E-state index is 10.4. The summed E-state index contributed by atoms with van der Waals surface area (Å²) >= 11 is 0. The van der Waals surface area contributed by atoms with E-state index in [9.17, 15) is 5.11 Å². The summed E-state index contributed by atoms with van der Waals surface area (Å²) in [7, 11) is 0. The minimum absolute atomic E-state index is 0.126. The number of morpholine rings is 1. The Kier molecular flexibility index (Phi) is 4.29. The van der Waals surface area contributed by atoms with E-state index in [-0.39, 0.29) is 6.04 Å². The van der Waals surface area contributed by atoms with E-state index in [0.29, 0.717) is 31.2 Å². The molecule has 1 aliphatic heterocycles. The Morgan fingerprint density at radius 1 is 1.33 bits per heavy atom. The molecule has 1 fully saturated rings. The van der Waals surface area contributed by atoms with E-state index < -0.39 is 6.10 Å². The number of rotatable bonds is 5. The second-order valence-corrected chi connectivity index (χ2v) is 6.01. The second kappa shape index (κ2) is 6.72. The van der Waals surface area contributed by atoms with E-state index in [0.717, 1.165) is 18.8 Å². The Morgan fingerprint density at radius 3 is 3.17 bits per heavy atom. The van der Waals surface area contributed by atoms with E-state index in [4.69, 9.17) is 9.15 Å². The Labute approximate surface area is 139 Å². The highest BCUT2D eigenvalue weighted by atomic mass is 16.5. The van der Waals surface area contributed by atoms with Gasteiger partial charge in [-0.25, -0.2) is 9.97 Å². The van der Waals surface area contributed by atoms with Crippen molar-refractivity contribution in [3.63, 3.8) is 0 Å². The molecule has 7 heteroatoms. The molecule has 2 atom stereocenters. The summed E-state index contributed by atoms with van der Waals surface area (Å²) in [5.74, 6) is 1.30. The first-order valence-electron chi connectivity index (χ1n) is 8.11. The van der Waals surface area contributed by atoms with Crippen LogP contribution in [0.2, 0.25) is 0 Å². The zero-order valence-corrected chi connectivity index (χ0v) is 13.3. The van der Waals surface area contributed by atoms with Crippen LogP contribution in [-0.2, 0) is 11.3 Å². The smallest absolute Gasteiger partial charge is 0.233 e. The van der Waals surface area contributed by atoms with Gasteiger partial charge in [0.05, 0.1) is 31.4 Å². The lowest BCUT2D eigenvalue weighted by Gasteiger charge is -2.36. The van der Waals surface area contributed by atoms with Crippen molar-refractivity contribution in [2.45, 2.75) is 25.1 Å². The number of aromatic nitrogens is 3. The van der Waals surface area contributed by atoms with Gasteiger partial charge in [-0.2, -0.15) is 0 Å². The number of aliphatic hydroxyl groups excluding tert-OH is 1. The molecule has 7 nitrogen and oxygen atoms in total. The largest absolute Gasteiger partial charge is 0.467 e. The summed E-state index contributed by atoms with van der Waals surface area (Å²) in [5, 5.41) is 10.4. The van der Waals surface area contributed by atoms with E-state index in [1.54, 1.807) is 24.6 Å². The van der Waals surface area contributed by atoms with Gasteiger partial charge in [-0.3, -0.25) is 9.30 Å². The zero-order chi connectivity index (χ0) is 16.4. The molecule has 24 heavy (non-hydrogen) atoms. The maximum atomic E-state index is 10.4. The van der Waals surface area contributed by atoms with Crippen LogP contribution in [-0.4, -0.2) is 50.2 Å². The van der Waals surface area contributed by atoms with Crippen LogP contribution >= 0.6 is 0 Å². The second-order valence-electron chi connectivity index (χ2n) is 6.01. The van der Waals surface area contributed by atoms with Crippen molar-refractivity contribution in [1.82, 2.24) is 19.3 Å². The predicted octanol–water partition coefficient (Wildman–Crippen LogP) is 1.65. The number of fused-ring (bicyclic) bond motifs is 1. The predicted molar refractivity (Wildman–Crippen MR) is 86.3 cm³/mol. The molecule has 4 rings (SSSR count). The molecule has 1 N–H and O–H groups in total. The van der Waals surface area contributed by atoms with Crippen LogP contribution in [0.5, 0.6) is 0 Å². The van der Waals surface area contributed by atoms with Crippen LogP contribution in [0.25, 0.3) is 5.78 Å². The van der Waals surface area contributed by atoms with Crippen LogP contribution < -0.4 is 0 Å². The van der Waals surface area contributed by atoms with Gasteiger partial charge in [0.2, 0.25) is 5.78 Å². The van der Waals surface area contributed by atoms with Crippen LogP contribution in [0.4, 0.5) is 0 Å². The summed E-state index contributed by atoms with van der Waals surface area (Å²) in [6, 6.07) is 5.62. The number of ether oxygens (including phenoxy) is 1. The molecule has 3 aromatic rings. The first-order chi connectivity index (χ1) is 11.8. The number of aliphatic hydroxyl groups is 1. The molecule has 3 aromatic heterocycles. The van der Waals surface area contributed by atoms with Crippen molar-refractivity contribution in [3.8, 4) is 0 Å². The van der Waals surface area contributed by atoms with Crippen molar-refractivity contribution in [2.75, 3.05) is 19.8 Å². The summed E-state index contributed by atoms with van der Waals surface area (Å²) in [6.07, 6.45) is 7.10. The molecular formula is C17H20N4O3. The van der Waals surface area contributed by atoms with Crippen LogP contribution in [0, 0.1) is 0 Å². The highest BCUT2D eigenvalue weighted by Gasteiger charge is 2.27. The Balaban J connectivity index is 1.49. The molecule has 4 heterocycles. The van der Waals surface area contributed by atoms with Crippen LogP contribution in [0.1, 0.15) is 24.0 Å². The summed E-state index contributed by atoms with van der Waals surface area (Å²) in [5.41, 5.74) is 1.08. The highest BCUT2D eigenvalue weighted by molar-refractivity contribution is 5.30. The van der Waals surface area contributed by atoms with Crippen LogP contribution in [0.15, 0.2) is 47.5 Å². The number of furan rings is 1. The maximum Gasteiger partial charge on any atom is 0.233 e. The fourth-order valence-corrected chi connectivity index (χ4v) is 3.17. The van der Waals surface area contributed by atoms with Crippen molar-refractivity contribution in [1.29, 1.82) is 0 Å². The number of imidazole rings is 1. The van der Waals surface area contributed by atoms with Crippen molar-refractivity contribution < 1.29 is 14.3 Å². The topological polar surface area (TPSA) is 76.0 Å². The molecule has 1 saturated heterocycles. The van der Waals surface area contributed by atoms with Gasteiger partial charge >= 0.3 is 0 Å². The Morgan fingerprint density at radius 2 is 2.29 bits per heavy atom. The SMILES string of the molecule is OC(CC1COCCN1Cc1cnc2ncccn12)c1ccco1. The fraction of sp³-hybridized carbons (Fsp3) is 0.412. The summed E-state index contributed by atoms with van der Waals surface area (Å²) in [4.78, 5) is 10.9. The molecule has 0 saturated carbocycles. The van der Waals surface area contributed by atoms with E-state index in [1.807, 2.05) is 22.9 Å². The molecule has 126 valence electrons. The standard InChI is InChI=1S/C17H20N4O3/c22-15(16-3-1-7-24-16)9-13-12-23-8-6-20(13)11-14-10-19-17-18-4-2-5-21(14)17/h1-5,7,10,13,15,22H,6,8-9,11-12H2. The quantitative estimate of drug-likeness (QED) is 0.767. The van der Waals surface area contributed by atoms with Gasteiger partial charge in [0.15, 0.2) is 0 Å². The van der Waals surface area contributed by atoms with Gasteiger partial charge in [0, 0.05) is 31.5 Å². The normalized spacial score (nSPS) is 20.5. The monoisotopic (exact) mass is 328 g/mol. The summed E-state index contributed by atoms with van der Waals surface area (Å²) in [6.45, 7) is 2.86. The van der Waals surface area contributed by atoms with Gasteiger partial charge < -0.3 is 14.3 Å². The lowest BCUT2D eigenvalue weighted by atomic mass is 10.1. The molecule has 0 spiro atoms. The third kappa shape index (κ3) is 3.06. The average molecular weight is 328 g/mol. The van der Waals surface area contributed by atoms with Gasteiger partial charge in [-0.05, 0) is 24.6 Å². The first kappa shape index (κ1) is 15.3. The van der Waals surface area contributed by atoms with E-state index in [2.05, 4.69) is 14.9 Å². The van der Waals surface area contributed by atoms with Gasteiger partial charge in [0.1, 0.15) is 11.9 Å². The summed E-state index contributed by atoms with van der Waals surface area (Å²) < 4.78 is 12.9. The van der Waals surface area contributed by atoms with E-state index >= 15 is 0 Å². The zero-order valence-electron chi connectivity index (χ0n) is 13.3. The lowest BCUT2D eigenvalue weighted by molar-refractivity contribution is -0.0328. The molecule has 0 aliphatic carbocycles. The minimum atomic E-state index is -0.627. The Hall–Kier alpha value is -2.22. The fourth-order valence-electron chi connectivity index (χ4n) is 3.17. The minimum Gasteiger partial charge on any atom is -0.467 e. The molecule has 2 unspecified atom stereocenters. The lowest BCUT2D eigenvalue weighted by Crippen LogP contribution is -2.45. The molecule has 1 aliphatic rings. The first-order valence-corrected chi connectivity index (χ1v) is 8.11. The number of hydrogen-bond acceptors (Lipinski definition) is 6. The third-order valence-electron chi connectivity index (χ3n) is 4.45. The van der Waals surface area contributed by atoms with Crippen molar-refractivity contribution in [3.05, 3.63) is 54.5 Å². The van der Waals surface area contributed by atoms with Crippen LogP contribution in [0.3, 0.4) is 0 Å². The van der Waals surface area contributed by atoms with Gasteiger partial charge in [-0.15, -0.1) is 0 Å². The molecule has 0 aromatic carbocycles. The van der Waals surface area contributed by atoms with Crippen molar-refractivity contribution >= 4 is 5.78 Å². The molecule has 0 amide bonds. The highest BCUT2D eigenvalue weighted by Crippen LogP contribution is 2.24. The number of nitrogens with zero attached hydrogens (tertiary/aromatic N) is 4. The van der Waals surface area contributed by atoms with Crippen molar-refractivity contribution in [2.24, 2.45) is 0 Å². The molecule has 0 bridgehead atoms. The third-order valence-corrected chi connectivity index (χ3v) is 4.45. The average Bonchev–Trinajstić information content (AvgIpc) is 3.27. The van der Waals surface area contributed by atoms with Gasteiger partial charge in [-0.1, -0.05) is 0 Å². The van der Waals surface area contributed by atoms with E-state index in [1.165, 1.54) is 0 Å². The molecule has 0 radical (unpaired) electrons. The Bertz CT molecular complexity index is 786. The molecular weight excluding hydrogens is 308 g/mol.